The highest BCUT2D eigenvalue weighted by Gasteiger charge is 2.17. The van der Waals surface area contributed by atoms with E-state index in [1.54, 1.807) is 0 Å². The first-order chi connectivity index (χ1) is 9.26. The van der Waals surface area contributed by atoms with Crippen LogP contribution in [0.15, 0.2) is 0 Å². The Morgan fingerprint density at radius 2 is 1.63 bits per heavy atom. The van der Waals surface area contributed by atoms with Crippen LogP contribution in [0.3, 0.4) is 0 Å². The second-order valence-electron chi connectivity index (χ2n) is 5.54. The molecular weight excluding hydrogens is 240 g/mol. The third-order valence-electron chi connectivity index (χ3n) is 3.84. The fourth-order valence-corrected chi connectivity index (χ4v) is 2.57. The molecule has 112 valence electrons. The standard InChI is InChI=1S/C15H30N2O2/c1-2-3-4-5-6-7-15(19)14-17-10-8-16(9-11-17)12-13-18/h18H,2-14H2,1H3. The van der Waals surface area contributed by atoms with Crippen LogP contribution in [0.25, 0.3) is 0 Å². The van der Waals surface area contributed by atoms with Crippen LogP contribution in [0.2, 0.25) is 0 Å². The van der Waals surface area contributed by atoms with Gasteiger partial charge in [-0.3, -0.25) is 14.6 Å². The molecule has 0 aromatic heterocycles. The van der Waals surface area contributed by atoms with Crippen molar-refractivity contribution < 1.29 is 9.90 Å². The molecule has 0 aliphatic carbocycles. The average Bonchev–Trinajstić information content (AvgIpc) is 2.41. The molecular formula is C15H30N2O2. The van der Waals surface area contributed by atoms with Crippen molar-refractivity contribution in [1.29, 1.82) is 0 Å². The highest BCUT2D eigenvalue weighted by molar-refractivity contribution is 5.80. The molecule has 1 N–H and O–H groups in total. The molecule has 1 heterocycles. The van der Waals surface area contributed by atoms with Gasteiger partial charge < -0.3 is 5.11 Å². The van der Waals surface area contributed by atoms with Gasteiger partial charge in [-0.05, 0) is 6.42 Å². The Labute approximate surface area is 117 Å². The SMILES string of the molecule is CCCCCCCC(=O)CN1CCN(CCO)CC1. The van der Waals surface area contributed by atoms with Gasteiger partial charge in [-0.25, -0.2) is 0 Å². The van der Waals surface area contributed by atoms with Crippen LogP contribution in [0.1, 0.15) is 45.4 Å². The van der Waals surface area contributed by atoms with Gasteiger partial charge in [0, 0.05) is 39.1 Å². The Morgan fingerprint density at radius 1 is 1.00 bits per heavy atom. The van der Waals surface area contributed by atoms with Gasteiger partial charge in [0.2, 0.25) is 0 Å². The molecule has 0 spiro atoms. The zero-order chi connectivity index (χ0) is 13.9. The van der Waals surface area contributed by atoms with Gasteiger partial charge in [-0.15, -0.1) is 0 Å². The maximum Gasteiger partial charge on any atom is 0.146 e. The van der Waals surface area contributed by atoms with Crippen molar-refractivity contribution in [3.05, 3.63) is 0 Å². The molecule has 0 radical (unpaired) electrons. The molecule has 4 heteroatoms. The van der Waals surface area contributed by atoms with Crippen LogP contribution < -0.4 is 0 Å². The van der Waals surface area contributed by atoms with E-state index in [4.69, 9.17) is 5.11 Å². The van der Waals surface area contributed by atoms with Crippen LogP contribution in [-0.4, -0.2) is 66.6 Å². The number of aliphatic hydroxyl groups excluding tert-OH is 1. The number of Topliss-reactive ketones (excluding diaryl/α,β-unsaturated/α-hetero) is 1. The van der Waals surface area contributed by atoms with Crippen LogP contribution in [0.4, 0.5) is 0 Å². The third-order valence-corrected chi connectivity index (χ3v) is 3.84. The summed E-state index contributed by atoms with van der Waals surface area (Å²) in [5.74, 6) is 0.395. The molecule has 1 aliphatic rings. The second-order valence-corrected chi connectivity index (χ2v) is 5.54. The molecule has 0 amide bonds. The maximum absolute atomic E-state index is 11.9. The van der Waals surface area contributed by atoms with Gasteiger partial charge in [0.15, 0.2) is 0 Å². The molecule has 0 saturated carbocycles. The van der Waals surface area contributed by atoms with Gasteiger partial charge in [0.05, 0.1) is 13.2 Å². The smallest absolute Gasteiger partial charge is 0.146 e. The lowest BCUT2D eigenvalue weighted by atomic mass is 10.1. The van der Waals surface area contributed by atoms with E-state index in [0.29, 0.717) is 12.3 Å². The number of hydrogen-bond acceptors (Lipinski definition) is 4. The number of carbonyl (C=O) groups is 1. The predicted octanol–water partition coefficient (Wildman–Crippen LogP) is 1.53. The number of carbonyl (C=O) groups excluding carboxylic acids is 1. The normalized spacial score (nSPS) is 17.8. The lowest BCUT2D eigenvalue weighted by Gasteiger charge is -2.33. The van der Waals surface area contributed by atoms with E-state index in [0.717, 1.165) is 45.6 Å². The molecule has 0 atom stereocenters. The monoisotopic (exact) mass is 270 g/mol. The minimum Gasteiger partial charge on any atom is -0.395 e. The highest BCUT2D eigenvalue weighted by Crippen LogP contribution is 2.07. The number of ketones is 1. The van der Waals surface area contributed by atoms with Crippen molar-refractivity contribution in [3.8, 4) is 0 Å². The maximum atomic E-state index is 11.9. The number of hydrogen-bond donors (Lipinski definition) is 1. The predicted molar refractivity (Wildman–Crippen MR) is 78.3 cm³/mol. The lowest BCUT2D eigenvalue weighted by Crippen LogP contribution is -2.48. The second kappa shape index (κ2) is 10.4. The summed E-state index contributed by atoms with van der Waals surface area (Å²) < 4.78 is 0. The lowest BCUT2D eigenvalue weighted by molar-refractivity contribution is -0.120. The molecule has 1 fully saturated rings. The van der Waals surface area contributed by atoms with Crippen molar-refractivity contribution >= 4 is 5.78 Å². The first-order valence-electron chi connectivity index (χ1n) is 7.83. The average molecular weight is 270 g/mol. The van der Waals surface area contributed by atoms with E-state index >= 15 is 0 Å². The summed E-state index contributed by atoms with van der Waals surface area (Å²) in [6.45, 7) is 7.70. The summed E-state index contributed by atoms with van der Waals surface area (Å²) in [4.78, 5) is 16.4. The number of β-amino-alcohol motifs (C(OH)–C–C–N with tert-alkyl or cyclic N) is 1. The van der Waals surface area contributed by atoms with Crippen LogP contribution in [-0.2, 0) is 4.79 Å². The van der Waals surface area contributed by atoms with Gasteiger partial charge in [-0.1, -0.05) is 32.6 Å². The van der Waals surface area contributed by atoms with Crippen molar-refractivity contribution in [2.24, 2.45) is 0 Å². The number of nitrogens with zero attached hydrogens (tertiary/aromatic N) is 2. The Bertz CT molecular complexity index is 238. The zero-order valence-corrected chi connectivity index (χ0v) is 12.4. The summed E-state index contributed by atoms with van der Waals surface area (Å²) in [6.07, 6.45) is 6.82. The molecule has 1 aliphatic heterocycles. The topological polar surface area (TPSA) is 43.8 Å². The summed E-state index contributed by atoms with van der Waals surface area (Å²) in [5.41, 5.74) is 0. The zero-order valence-electron chi connectivity index (χ0n) is 12.4. The molecule has 19 heavy (non-hydrogen) atoms. The number of unbranched alkanes of at least 4 members (excludes halogenated alkanes) is 4. The molecule has 0 aromatic carbocycles. The Hall–Kier alpha value is -0.450. The van der Waals surface area contributed by atoms with Crippen molar-refractivity contribution in [1.82, 2.24) is 9.80 Å². The fraction of sp³-hybridized carbons (Fsp3) is 0.933. The minimum atomic E-state index is 0.233. The molecule has 0 aromatic rings. The summed E-state index contributed by atoms with van der Waals surface area (Å²) in [6, 6.07) is 0. The van der Waals surface area contributed by atoms with E-state index < -0.39 is 0 Å². The molecule has 1 saturated heterocycles. The van der Waals surface area contributed by atoms with E-state index in [-0.39, 0.29) is 6.61 Å². The highest BCUT2D eigenvalue weighted by atomic mass is 16.3. The Balaban J connectivity index is 2.03. The van der Waals surface area contributed by atoms with Crippen LogP contribution >= 0.6 is 0 Å². The van der Waals surface area contributed by atoms with Crippen molar-refractivity contribution in [3.63, 3.8) is 0 Å². The number of piperazine rings is 1. The number of aliphatic hydroxyl groups is 1. The van der Waals surface area contributed by atoms with Crippen LogP contribution in [0, 0.1) is 0 Å². The quantitative estimate of drug-likeness (QED) is 0.611. The van der Waals surface area contributed by atoms with E-state index in [1.165, 1.54) is 25.7 Å². The van der Waals surface area contributed by atoms with Gasteiger partial charge >= 0.3 is 0 Å². The van der Waals surface area contributed by atoms with Gasteiger partial charge in [0.1, 0.15) is 5.78 Å². The summed E-state index contributed by atoms with van der Waals surface area (Å²) in [5, 5.41) is 8.88. The van der Waals surface area contributed by atoms with E-state index in [1.807, 2.05) is 0 Å². The largest absolute Gasteiger partial charge is 0.395 e. The minimum absolute atomic E-state index is 0.233. The fourth-order valence-electron chi connectivity index (χ4n) is 2.57. The number of rotatable bonds is 10. The summed E-state index contributed by atoms with van der Waals surface area (Å²) >= 11 is 0. The Kier molecular flexibility index (Phi) is 9.05. The molecule has 0 unspecified atom stereocenters. The third kappa shape index (κ3) is 7.65. The molecule has 4 nitrogen and oxygen atoms in total. The summed E-state index contributed by atoms with van der Waals surface area (Å²) in [7, 11) is 0. The van der Waals surface area contributed by atoms with Crippen molar-refractivity contribution in [2.75, 3.05) is 45.9 Å². The first-order valence-corrected chi connectivity index (χ1v) is 7.83. The first kappa shape index (κ1) is 16.6. The van der Waals surface area contributed by atoms with Crippen LogP contribution in [0.5, 0.6) is 0 Å². The Morgan fingerprint density at radius 3 is 2.26 bits per heavy atom. The van der Waals surface area contributed by atoms with E-state index in [2.05, 4.69) is 16.7 Å². The van der Waals surface area contributed by atoms with Crippen molar-refractivity contribution in [2.45, 2.75) is 45.4 Å². The van der Waals surface area contributed by atoms with Gasteiger partial charge in [0.25, 0.3) is 0 Å². The molecule has 1 rings (SSSR count). The van der Waals surface area contributed by atoms with E-state index in [9.17, 15) is 4.79 Å². The molecule has 0 bridgehead atoms. The van der Waals surface area contributed by atoms with Gasteiger partial charge in [-0.2, -0.15) is 0 Å².